The zero-order chi connectivity index (χ0) is 10.7. The van der Waals surface area contributed by atoms with Crippen molar-refractivity contribution in [2.75, 3.05) is 6.79 Å². The number of unbranched alkanes of at least 4 members (excludes halogenated alkanes) is 1. The van der Waals surface area contributed by atoms with E-state index in [0.29, 0.717) is 6.79 Å². The molecule has 90 valence electrons. The Bertz CT molecular complexity index is 344. The highest BCUT2D eigenvalue weighted by atomic mass is 35.5. The first-order chi connectivity index (χ1) is 7.33. The molecule has 0 aromatic heterocycles. The number of hydrogen-bond acceptors (Lipinski definition) is 3. The van der Waals surface area contributed by atoms with Gasteiger partial charge in [0.05, 0.1) is 0 Å². The summed E-state index contributed by atoms with van der Waals surface area (Å²) < 4.78 is 10.7. The molecule has 0 radical (unpaired) electrons. The Labute approximate surface area is 102 Å². The second kappa shape index (κ2) is 5.97. The highest BCUT2D eigenvalue weighted by Crippen LogP contribution is 2.38. The Hall–Kier alpha value is -0.930. The molecule has 1 heterocycles. The molecule has 3 nitrogen and oxygen atoms in total. The van der Waals surface area contributed by atoms with Crippen LogP contribution in [0.4, 0.5) is 0 Å². The Morgan fingerprint density at radius 1 is 1.38 bits per heavy atom. The molecule has 0 unspecified atom stereocenters. The van der Waals surface area contributed by atoms with E-state index >= 15 is 0 Å². The summed E-state index contributed by atoms with van der Waals surface area (Å²) in [6.45, 7) is 2.48. The van der Waals surface area contributed by atoms with Crippen LogP contribution in [0.3, 0.4) is 0 Å². The normalized spacial score (nSPS) is 14.4. The fourth-order valence-corrected chi connectivity index (χ4v) is 1.82. The van der Waals surface area contributed by atoms with Crippen molar-refractivity contribution in [3.8, 4) is 11.5 Å². The Morgan fingerprint density at radius 3 is 2.94 bits per heavy atom. The van der Waals surface area contributed by atoms with Gasteiger partial charge < -0.3 is 15.2 Å². The fraction of sp³-hybridized carbons (Fsp3) is 0.500. The van der Waals surface area contributed by atoms with Crippen LogP contribution in [0.5, 0.6) is 11.5 Å². The van der Waals surface area contributed by atoms with Crippen molar-refractivity contribution in [3.63, 3.8) is 0 Å². The van der Waals surface area contributed by atoms with Gasteiger partial charge in [0.15, 0.2) is 11.5 Å². The standard InChI is InChI=1S/C12H17NO2.ClH/c1-2-3-6-10(13)9-5-4-7-11-12(9)15-8-14-11;/h4-5,7,10H,2-3,6,8,13H2,1H3;1H/t10-;/m1./s1. The van der Waals surface area contributed by atoms with Gasteiger partial charge in [-0.05, 0) is 12.5 Å². The summed E-state index contributed by atoms with van der Waals surface area (Å²) >= 11 is 0. The van der Waals surface area contributed by atoms with E-state index in [1.807, 2.05) is 18.2 Å². The average Bonchev–Trinajstić information content (AvgIpc) is 2.73. The Balaban J connectivity index is 0.00000128. The van der Waals surface area contributed by atoms with Crippen LogP contribution in [0, 0.1) is 0 Å². The first kappa shape index (κ1) is 13.1. The number of benzene rings is 1. The van der Waals surface area contributed by atoms with E-state index in [9.17, 15) is 0 Å². The molecule has 0 fully saturated rings. The maximum Gasteiger partial charge on any atom is 0.231 e. The van der Waals surface area contributed by atoms with Crippen LogP contribution in [0.25, 0.3) is 0 Å². The smallest absolute Gasteiger partial charge is 0.231 e. The minimum absolute atomic E-state index is 0. The molecule has 2 rings (SSSR count). The summed E-state index contributed by atoms with van der Waals surface area (Å²) in [4.78, 5) is 0. The maximum atomic E-state index is 6.12. The van der Waals surface area contributed by atoms with Gasteiger partial charge in [0, 0.05) is 11.6 Å². The van der Waals surface area contributed by atoms with Gasteiger partial charge in [-0.3, -0.25) is 0 Å². The van der Waals surface area contributed by atoms with Crippen molar-refractivity contribution >= 4 is 12.4 Å². The zero-order valence-electron chi connectivity index (χ0n) is 9.44. The van der Waals surface area contributed by atoms with Gasteiger partial charge in [0.25, 0.3) is 0 Å². The van der Waals surface area contributed by atoms with Crippen molar-refractivity contribution in [1.29, 1.82) is 0 Å². The predicted octanol–water partition coefficient (Wildman–Crippen LogP) is 3.03. The zero-order valence-corrected chi connectivity index (χ0v) is 10.3. The van der Waals surface area contributed by atoms with Crippen LogP contribution in [-0.2, 0) is 0 Å². The molecule has 4 heteroatoms. The van der Waals surface area contributed by atoms with Gasteiger partial charge in [-0.25, -0.2) is 0 Å². The second-order valence-electron chi connectivity index (χ2n) is 3.83. The molecule has 0 amide bonds. The minimum Gasteiger partial charge on any atom is -0.454 e. The molecular weight excluding hydrogens is 226 g/mol. The van der Waals surface area contributed by atoms with Crippen LogP contribution < -0.4 is 15.2 Å². The monoisotopic (exact) mass is 243 g/mol. The van der Waals surface area contributed by atoms with Crippen molar-refractivity contribution in [1.82, 2.24) is 0 Å². The third-order valence-corrected chi connectivity index (χ3v) is 2.70. The molecule has 0 saturated carbocycles. The number of rotatable bonds is 4. The van der Waals surface area contributed by atoms with Crippen LogP contribution >= 0.6 is 12.4 Å². The number of ether oxygens (including phenoxy) is 2. The number of halogens is 1. The highest BCUT2D eigenvalue weighted by molar-refractivity contribution is 5.85. The molecule has 16 heavy (non-hydrogen) atoms. The van der Waals surface area contributed by atoms with E-state index < -0.39 is 0 Å². The van der Waals surface area contributed by atoms with Crippen molar-refractivity contribution in [2.45, 2.75) is 32.2 Å². The Morgan fingerprint density at radius 2 is 2.19 bits per heavy atom. The quantitative estimate of drug-likeness (QED) is 0.884. The summed E-state index contributed by atoms with van der Waals surface area (Å²) in [5.41, 5.74) is 7.19. The lowest BCUT2D eigenvalue weighted by Crippen LogP contribution is -2.10. The molecule has 0 bridgehead atoms. The molecule has 0 saturated heterocycles. The SMILES string of the molecule is CCCC[C@@H](N)c1cccc2c1OCO2.Cl. The van der Waals surface area contributed by atoms with Gasteiger partial charge >= 0.3 is 0 Å². The molecule has 0 spiro atoms. The Kier molecular flexibility index (Phi) is 4.90. The van der Waals surface area contributed by atoms with Crippen LogP contribution in [-0.4, -0.2) is 6.79 Å². The number of hydrogen-bond donors (Lipinski definition) is 1. The van der Waals surface area contributed by atoms with E-state index in [4.69, 9.17) is 15.2 Å². The summed E-state index contributed by atoms with van der Waals surface area (Å²) in [5, 5.41) is 0. The number of fused-ring (bicyclic) bond motifs is 1. The van der Waals surface area contributed by atoms with Crippen LogP contribution in [0.2, 0.25) is 0 Å². The first-order valence-corrected chi connectivity index (χ1v) is 5.47. The summed E-state index contributed by atoms with van der Waals surface area (Å²) in [6, 6.07) is 5.96. The van der Waals surface area contributed by atoms with Crippen molar-refractivity contribution < 1.29 is 9.47 Å². The van der Waals surface area contributed by atoms with Crippen molar-refractivity contribution in [3.05, 3.63) is 23.8 Å². The van der Waals surface area contributed by atoms with E-state index in [1.165, 1.54) is 6.42 Å². The van der Waals surface area contributed by atoms with Crippen LogP contribution in [0.1, 0.15) is 37.8 Å². The summed E-state index contributed by atoms with van der Waals surface area (Å²) in [7, 11) is 0. The molecule has 1 aliphatic rings. The largest absolute Gasteiger partial charge is 0.454 e. The third-order valence-electron chi connectivity index (χ3n) is 2.70. The third kappa shape index (κ3) is 2.60. The number of para-hydroxylation sites is 1. The molecule has 1 atom stereocenters. The van der Waals surface area contributed by atoms with E-state index in [0.717, 1.165) is 29.9 Å². The molecule has 1 aromatic rings. The predicted molar refractivity (Wildman–Crippen MR) is 66.3 cm³/mol. The molecule has 1 aliphatic heterocycles. The van der Waals surface area contributed by atoms with Gasteiger partial charge in [0.2, 0.25) is 6.79 Å². The maximum absolute atomic E-state index is 6.12. The van der Waals surface area contributed by atoms with Crippen LogP contribution in [0.15, 0.2) is 18.2 Å². The lowest BCUT2D eigenvalue weighted by molar-refractivity contribution is 0.173. The lowest BCUT2D eigenvalue weighted by atomic mass is 10.0. The molecular formula is C12H18ClNO2. The summed E-state index contributed by atoms with van der Waals surface area (Å²) in [6.07, 6.45) is 3.31. The van der Waals surface area contributed by atoms with Crippen molar-refractivity contribution in [2.24, 2.45) is 5.73 Å². The molecule has 1 aromatic carbocycles. The summed E-state index contributed by atoms with van der Waals surface area (Å²) in [5.74, 6) is 1.65. The number of nitrogens with two attached hydrogens (primary N) is 1. The van der Waals surface area contributed by atoms with E-state index in [2.05, 4.69) is 6.92 Å². The van der Waals surface area contributed by atoms with Gasteiger partial charge in [-0.2, -0.15) is 0 Å². The fourth-order valence-electron chi connectivity index (χ4n) is 1.82. The van der Waals surface area contributed by atoms with E-state index in [-0.39, 0.29) is 18.4 Å². The van der Waals surface area contributed by atoms with E-state index in [1.54, 1.807) is 0 Å². The van der Waals surface area contributed by atoms with Gasteiger partial charge in [-0.1, -0.05) is 31.9 Å². The topological polar surface area (TPSA) is 44.5 Å². The molecule has 2 N–H and O–H groups in total. The molecule has 0 aliphatic carbocycles. The first-order valence-electron chi connectivity index (χ1n) is 5.47. The lowest BCUT2D eigenvalue weighted by Gasteiger charge is -2.13. The second-order valence-corrected chi connectivity index (χ2v) is 3.83. The van der Waals surface area contributed by atoms with Gasteiger partial charge in [-0.15, -0.1) is 12.4 Å². The highest BCUT2D eigenvalue weighted by Gasteiger charge is 2.20. The average molecular weight is 244 g/mol. The van der Waals surface area contributed by atoms with Gasteiger partial charge in [0.1, 0.15) is 0 Å². The minimum atomic E-state index is 0.